The average Bonchev–Trinajstić information content (AvgIpc) is 2.93. The predicted molar refractivity (Wildman–Crippen MR) is 146 cm³/mol. The van der Waals surface area contributed by atoms with E-state index in [1.807, 2.05) is 0 Å². The predicted octanol–water partition coefficient (Wildman–Crippen LogP) is 9.51. The Balaban J connectivity index is 1.68. The number of hydrogen-bond donors (Lipinski definition) is 0. The van der Waals surface area contributed by atoms with Crippen LogP contribution in [0.1, 0.15) is 0 Å². The summed E-state index contributed by atoms with van der Waals surface area (Å²) in [4.78, 5) is 0. The van der Waals surface area contributed by atoms with Crippen molar-refractivity contribution < 1.29 is 0 Å². The summed E-state index contributed by atoms with van der Waals surface area (Å²) < 4.78 is 0. The first-order chi connectivity index (χ1) is 16.9. The summed E-state index contributed by atoms with van der Waals surface area (Å²) in [5.74, 6) is 0. The lowest BCUT2D eigenvalue weighted by Gasteiger charge is -2.19. The summed E-state index contributed by atoms with van der Waals surface area (Å²) in [6.07, 6.45) is 0. The molecule has 0 spiro atoms. The van der Waals surface area contributed by atoms with Gasteiger partial charge in [-0.1, -0.05) is 127 Å². The Morgan fingerprint density at radius 3 is 1.29 bits per heavy atom. The first kappa shape index (κ1) is 20.2. The van der Waals surface area contributed by atoms with Gasteiger partial charge in [0.15, 0.2) is 0 Å². The van der Waals surface area contributed by atoms with Crippen molar-refractivity contribution in [3.8, 4) is 44.5 Å². The quantitative estimate of drug-likeness (QED) is 0.260. The molecule has 6 aromatic carbocycles. The lowest BCUT2D eigenvalue weighted by Crippen LogP contribution is -1.93. The van der Waals surface area contributed by atoms with E-state index in [9.17, 15) is 0 Å². The van der Waals surface area contributed by atoms with Crippen LogP contribution in [0.4, 0.5) is 0 Å². The van der Waals surface area contributed by atoms with Gasteiger partial charge < -0.3 is 0 Å². The monoisotopic (exact) mass is 432 g/mol. The zero-order chi connectivity index (χ0) is 22.7. The summed E-state index contributed by atoms with van der Waals surface area (Å²) in [6, 6.07) is 52.3. The third-order valence-corrected chi connectivity index (χ3v) is 6.45. The van der Waals surface area contributed by atoms with E-state index >= 15 is 0 Å². The summed E-state index contributed by atoms with van der Waals surface area (Å²) in [5, 5.41) is 2.52. The minimum absolute atomic E-state index is 1.22. The fourth-order valence-electron chi connectivity index (χ4n) is 4.78. The molecule has 6 aromatic rings. The molecule has 0 atom stereocenters. The van der Waals surface area contributed by atoms with Crippen LogP contribution in [-0.2, 0) is 0 Å². The van der Waals surface area contributed by atoms with Crippen LogP contribution in [0.2, 0.25) is 0 Å². The van der Waals surface area contributed by atoms with Crippen molar-refractivity contribution in [3.63, 3.8) is 0 Å². The van der Waals surface area contributed by atoms with Crippen LogP contribution in [0.15, 0.2) is 146 Å². The van der Waals surface area contributed by atoms with E-state index in [-0.39, 0.29) is 0 Å². The minimum atomic E-state index is 1.22. The Kier molecular flexibility index (Phi) is 5.26. The Morgan fingerprint density at radius 1 is 0.265 bits per heavy atom. The molecular formula is C34H24. The molecular weight excluding hydrogens is 408 g/mol. The number of hydrogen-bond acceptors (Lipinski definition) is 0. The van der Waals surface area contributed by atoms with Gasteiger partial charge in [-0.2, -0.15) is 0 Å². The maximum absolute atomic E-state index is 2.36. The molecule has 160 valence electrons. The van der Waals surface area contributed by atoms with Gasteiger partial charge in [-0.05, 0) is 73.5 Å². The minimum Gasteiger partial charge on any atom is -0.0622 e. The zero-order valence-corrected chi connectivity index (χ0v) is 18.9. The van der Waals surface area contributed by atoms with E-state index in [4.69, 9.17) is 0 Å². The second-order valence-electron chi connectivity index (χ2n) is 8.61. The van der Waals surface area contributed by atoms with Gasteiger partial charge in [0.2, 0.25) is 0 Å². The Morgan fingerprint density at radius 2 is 0.735 bits per heavy atom. The fraction of sp³-hybridized carbons (Fsp3) is 0. The second kappa shape index (κ2) is 8.84. The van der Waals surface area contributed by atoms with Crippen molar-refractivity contribution in [1.29, 1.82) is 0 Å². The van der Waals surface area contributed by atoms with Gasteiger partial charge in [0.05, 0.1) is 0 Å². The maximum atomic E-state index is 2.36. The van der Waals surface area contributed by atoms with Crippen molar-refractivity contribution in [2.45, 2.75) is 0 Å². The topological polar surface area (TPSA) is 0 Å². The molecule has 0 nitrogen and oxygen atoms in total. The van der Waals surface area contributed by atoms with Crippen molar-refractivity contribution in [2.24, 2.45) is 0 Å². The highest BCUT2D eigenvalue weighted by molar-refractivity contribution is 5.98. The van der Waals surface area contributed by atoms with E-state index in [1.165, 1.54) is 55.3 Å². The first-order valence-electron chi connectivity index (χ1n) is 11.7. The molecule has 34 heavy (non-hydrogen) atoms. The number of benzene rings is 6. The SMILES string of the molecule is c1ccc(-c2cc(-c3ccc4ccccc4c3)cc(-c3ccccc3)c2-c2ccccc2)cc1. The molecule has 0 amide bonds. The van der Waals surface area contributed by atoms with Gasteiger partial charge in [0.25, 0.3) is 0 Å². The van der Waals surface area contributed by atoms with Crippen molar-refractivity contribution in [3.05, 3.63) is 146 Å². The summed E-state index contributed by atoms with van der Waals surface area (Å²) in [5.41, 5.74) is 9.89. The Labute approximate surface area is 200 Å². The van der Waals surface area contributed by atoms with E-state index in [0.29, 0.717) is 0 Å². The first-order valence-corrected chi connectivity index (χ1v) is 11.7. The van der Waals surface area contributed by atoms with Crippen molar-refractivity contribution in [1.82, 2.24) is 0 Å². The molecule has 0 N–H and O–H groups in total. The van der Waals surface area contributed by atoms with Gasteiger partial charge in [0, 0.05) is 0 Å². The summed E-state index contributed by atoms with van der Waals surface area (Å²) in [6.45, 7) is 0. The lowest BCUT2D eigenvalue weighted by atomic mass is 9.84. The molecule has 0 aliphatic rings. The fourth-order valence-corrected chi connectivity index (χ4v) is 4.78. The molecule has 0 heteroatoms. The van der Waals surface area contributed by atoms with Gasteiger partial charge >= 0.3 is 0 Å². The van der Waals surface area contributed by atoms with Crippen LogP contribution in [0, 0.1) is 0 Å². The third-order valence-electron chi connectivity index (χ3n) is 6.45. The van der Waals surface area contributed by atoms with Crippen LogP contribution < -0.4 is 0 Å². The average molecular weight is 433 g/mol. The Bertz CT molecular complexity index is 1500. The van der Waals surface area contributed by atoms with E-state index in [2.05, 4.69) is 146 Å². The molecule has 6 rings (SSSR count). The zero-order valence-electron chi connectivity index (χ0n) is 18.9. The van der Waals surface area contributed by atoms with Crippen molar-refractivity contribution in [2.75, 3.05) is 0 Å². The Hall–Kier alpha value is -4.42. The highest BCUT2D eigenvalue weighted by Gasteiger charge is 2.17. The smallest absolute Gasteiger partial charge is 0.00264 e. The molecule has 0 aliphatic carbocycles. The highest BCUT2D eigenvalue weighted by Crippen LogP contribution is 2.43. The standard InChI is InChI=1S/C34H24/c1-4-13-26(14-5-1)32-23-31(30-21-20-25-12-10-11-19-29(25)22-30)24-33(27-15-6-2-7-16-27)34(32)28-17-8-3-9-18-28/h1-24H. The molecule has 0 fully saturated rings. The second-order valence-corrected chi connectivity index (χ2v) is 8.61. The van der Waals surface area contributed by atoms with E-state index in [0.717, 1.165) is 0 Å². The third kappa shape index (κ3) is 3.80. The maximum Gasteiger partial charge on any atom is -0.00264 e. The van der Waals surface area contributed by atoms with Crippen LogP contribution in [0.5, 0.6) is 0 Å². The summed E-state index contributed by atoms with van der Waals surface area (Å²) in [7, 11) is 0. The molecule has 0 aliphatic heterocycles. The van der Waals surface area contributed by atoms with Crippen LogP contribution in [0.3, 0.4) is 0 Å². The van der Waals surface area contributed by atoms with Crippen LogP contribution in [-0.4, -0.2) is 0 Å². The molecule has 0 saturated heterocycles. The van der Waals surface area contributed by atoms with Crippen molar-refractivity contribution >= 4 is 10.8 Å². The van der Waals surface area contributed by atoms with Gasteiger partial charge in [-0.25, -0.2) is 0 Å². The molecule has 0 saturated carbocycles. The molecule has 0 aromatic heterocycles. The van der Waals surface area contributed by atoms with E-state index in [1.54, 1.807) is 0 Å². The van der Waals surface area contributed by atoms with Gasteiger partial charge in [0.1, 0.15) is 0 Å². The molecule has 0 radical (unpaired) electrons. The van der Waals surface area contributed by atoms with Gasteiger partial charge in [-0.15, -0.1) is 0 Å². The van der Waals surface area contributed by atoms with Gasteiger partial charge in [-0.3, -0.25) is 0 Å². The van der Waals surface area contributed by atoms with E-state index < -0.39 is 0 Å². The molecule has 0 heterocycles. The van der Waals surface area contributed by atoms with Crippen LogP contribution >= 0.6 is 0 Å². The molecule has 0 unspecified atom stereocenters. The largest absolute Gasteiger partial charge is 0.0622 e. The number of rotatable bonds is 4. The number of fused-ring (bicyclic) bond motifs is 1. The highest BCUT2D eigenvalue weighted by atomic mass is 14.2. The summed E-state index contributed by atoms with van der Waals surface area (Å²) >= 11 is 0. The van der Waals surface area contributed by atoms with Crippen LogP contribution in [0.25, 0.3) is 55.3 Å². The normalized spacial score (nSPS) is 10.9. The molecule has 0 bridgehead atoms. The lowest BCUT2D eigenvalue weighted by molar-refractivity contribution is 1.55.